The summed E-state index contributed by atoms with van der Waals surface area (Å²) in [4.78, 5) is 4.32. The van der Waals surface area contributed by atoms with Gasteiger partial charge in [0.25, 0.3) is 0 Å². The van der Waals surface area contributed by atoms with Crippen LogP contribution < -0.4 is 0 Å². The van der Waals surface area contributed by atoms with Gasteiger partial charge in [-0.05, 0) is 43.4 Å². The number of hydrogen-bond acceptors (Lipinski definition) is 4. The second kappa shape index (κ2) is 4.27. The van der Waals surface area contributed by atoms with Crippen LogP contribution in [0.3, 0.4) is 0 Å². The molecule has 1 aromatic heterocycles. The number of hydrogen-bond donors (Lipinski definition) is 1. The van der Waals surface area contributed by atoms with Crippen molar-refractivity contribution >= 4 is 20.7 Å². The third-order valence-corrected chi connectivity index (χ3v) is 7.68. The van der Waals surface area contributed by atoms with E-state index in [9.17, 15) is 13.5 Å². The minimum atomic E-state index is -3.04. The molecule has 0 spiro atoms. The molecule has 2 fully saturated rings. The molecule has 0 radical (unpaired) electrons. The van der Waals surface area contributed by atoms with Crippen molar-refractivity contribution < 1.29 is 13.5 Å². The Bertz CT molecular complexity index is 790. The molecule has 2 atom stereocenters. The SMILES string of the molecule is O=S1(=O)C2CCC1CC(O)(c1cccc3ncccc13)C2. The fraction of sp³-hybridized carbons (Fsp3) is 0.438. The molecule has 3 heterocycles. The van der Waals surface area contributed by atoms with Crippen molar-refractivity contribution in [3.63, 3.8) is 0 Å². The van der Waals surface area contributed by atoms with Gasteiger partial charge in [0.15, 0.2) is 9.84 Å². The van der Waals surface area contributed by atoms with E-state index in [0.717, 1.165) is 16.5 Å². The van der Waals surface area contributed by atoms with E-state index in [1.807, 2.05) is 30.3 Å². The van der Waals surface area contributed by atoms with Crippen molar-refractivity contribution in [3.8, 4) is 0 Å². The van der Waals surface area contributed by atoms with Crippen molar-refractivity contribution in [1.29, 1.82) is 0 Å². The van der Waals surface area contributed by atoms with Crippen LogP contribution in [0, 0.1) is 0 Å². The Hall–Kier alpha value is -1.46. The molecule has 110 valence electrons. The number of nitrogens with zero attached hydrogens (tertiary/aromatic N) is 1. The van der Waals surface area contributed by atoms with Crippen LogP contribution in [0.15, 0.2) is 36.5 Å². The summed E-state index contributed by atoms with van der Waals surface area (Å²) in [5, 5.41) is 11.3. The van der Waals surface area contributed by atoms with E-state index in [4.69, 9.17) is 0 Å². The second-order valence-corrected chi connectivity index (χ2v) is 8.74. The summed E-state index contributed by atoms with van der Waals surface area (Å²) in [6, 6.07) is 9.50. The van der Waals surface area contributed by atoms with Crippen molar-refractivity contribution in [1.82, 2.24) is 4.98 Å². The normalized spacial score (nSPS) is 34.1. The number of benzene rings is 1. The average molecular weight is 303 g/mol. The number of rotatable bonds is 1. The number of aliphatic hydroxyl groups is 1. The Morgan fingerprint density at radius 3 is 2.52 bits per heavy atom. The molecule has 2 unspecified atom stereocenters. The van der Waals surface area contributed by atoms with Gasteiger partial charge in [-0.3, -0.25) is 4.98 Å². The highest BCUT2D eigenvalue weighted by atomic mass is 32.2. The molecule has 0 amide bonds. The highest BCUT2D eigenvalue weighted by Crippen LogP contribution is 2.48. The number of pyridine rings is 1. The van der Waals surface area contributed by atoms with Gasteiger partial charge in [-0.2, -0.15) is 0 Å². The molecule has 0 aliphatic carbocycles. The van der Waals surface area contributed by atoms with E-state index < -0.39 is 25.9 Å². The molecule has 21 heavy (non-hydrogen) atoms. The Morgan fingerprint density at radius 2 is 1.81 bits per heavy atom. The quantitative estimate of drug-likeness (QED) is 0.876. The Balaban J connectivity index is 1.86. The van der Waals surface area contributed by atoms with Crippen LogP contribution >= 0.6 is 0 Å². The van der Waals surface area contributed by atoms with Crippen LogP contribution in [-0.2, 0) is 15.4 Å². The minimum absolute atomic E-state index is 0.305. The zero-order chi connectivity index (χ0) is 14.7. The molecule has 0 saturated carbocycles. The molecular weight excluding hydrogens is 286 g/mol. The number of aromatic nitrogens is 1. The van der Waals surface area contributed by atoms with Crippen LogP contribution in [0.4, 0.5) is 0 Å². The first kappa shape index (κ1) is 13.2. The summed E-state index contributed by atoms with van der Waals surface area (Å²) in [7, 11) is -3.04. The highest BCUT2D eigenvalue weighted by molar-refractivity contribution is 7.93. The van der Waals surface area contributed by atoms with Crippen LogP contribution in [0.5, 0.6) is 0 Å². The maximum absolute atomic E-state index is 12.2. The smallest absolute Gasteiger partial charge is 0.156 e. The summed E-state index contributed by atoms with van der Waals surface area (Å²) in [6.07, 6.45) is 3.70. The number of fused-ring (bicyclic) bond motifs is 3. The zero-order valence-corrected chi connectivity index (χ0v) is 12.4. The molecule has 1 N–H and O–H groups in total. The predicted molar refractivity (Wildman–Crippen MR) is 80.6 cm³/mol. The molecule has 2 saturated heterocycles. The zero-order valence-electron chi connectivity index (χ0n) is 11.6. The molecule has 2 aromatic rings. The fourth-order valence-electron chi connectivity index (χ4n) is 3.97. The first-order chi connectivity index (χ1) is 10.0. The molecule has 2 bridgehead atoms. The third kappa shape index (κ3) is 1.84. The second-order valence-electron chi connectivity index (χ2n) is 6.23. The molecule has 1 aromatic carbocycles. The lowest BCUT2D eigenvalue weighted by atomic mass is 9.84. The first-order valence-corrected chi connectivity index (χ1v) is 8.91. The molecule has 5 heteroatoms. The van der Waals surface area contributed by atoms with E-state index in [1.165, 1.54) is 0 Å². The van der Waals surface area contributed by atoms with Crippen LogP contribution in [-0.4, -0.2) is 29.0 Å². The van der Waals surface area contributed by atoms with Crippen LogP contribution in [0.2, 0.25) is 0 Å². The van der Waals surface area contributed by atoms with E-state index in [0.29, 0.717) is 25.7 Å². The van der Waals surface area contributed by atoms with Crippen molar-refractivity contribution in [2.24, 2.45) is 0 Å². The van der Waals surface area contributed by atoms with Crippen LogP contribution in [0.25, 0.3) is 10.9 Å². The summed E-state index contributed by atoms with van der Waals surface area (Å²) in [5.41, 5.74) is 0.601. The van der Waals surface area contributed by atoms with Crippen molar-refractivity contribution in [3.05, 3.63) is 42.1 Å². The maximum Gasteiger partial charge on any atom is 0.156 e. The molecular formula is C16H17NO3S. The van der Waals surface area contributed by atoms with Gasteiger partial charge in [0, 0.05) is 11.6 Å². The summed E-state index contributed by atoms with van der Waals surface area (Å²) in [6.45, 7) is 0. The maximum atomic E-state index is 12.2. The van der Waals surface area contributed by atoms with E-state index >= 15 is 0 Å². The lowest BCUT2D eigenvalue weighted by molar-refractivity contribution is 0.0188. The summed E-state index contributed by atoms with van der Waals surface area (Å²) < 4.78 is 24.5. The van der Waals surface area contributed by atoms with Gasteiger partial charge in [-0.25, -0.2) is 8.42 Å². The van der Waals surface area contributed by atoms with Gasteiger partial charge in [0.2, 0.25) is 0 Å². The van der Waals surface area contributed by atoms with Gasteiger partial charge in [-0.1, -0.05) is 18.2 Å². The largest absolute Gasteiger partial charge is 0.385 e. The standard InChI is InChI=1S/C16H17NO3S/c18-16(9-11-6-7-12(10-16)21(11,19)20)14-4-1-5-15-13(14)3-2-8-17-15/h1-5,8,11-12,18H,6-7,9-10H2. The fourth-order valence-corrected chi connectivity index (χ4v) is 6.46. The Kier molecular flexibility index (Phi) is 2.69. The topological polar surface area (TPSA) is 67.3 Å². The summed E-state index contributed by atoms with van der Waals surface area (Å²) >= 11 is 0. The highest BCUT2D eigenvalue weighted by Gasteiger charge is 2.53. The Labute approximate surface area is 123 Å². The van der Waals surface area contributed by atoms with Gasteiger partial charge in [0.05, 0.1) is 21.6 Å². The van der Waals surface area contributed by atoms with Crippen molar-refractivity contribution in [2.45, 2.75) is 41.8 Å². The lowest BCUT2D eigenvalue weighted by Gasteiger charge is -2.37. The monoisotopic (exact) mass is 303 g/mol. The van der Waals surface area contributed by atoms with E-state index in [2.05, 4.69) is 4.98 Å². The Morgan fingerprint density at radius 1 is 1.10 bits per heavy atom. The van der Waals surface area contributed by atoms with Gasteiger partial charge < -0.3 is 5.11 Å². The molecule has 2 aliphatic rings. The van der Waals surface area contributed by atoms with Crippen molar-refractivity contribution in [2.75, 3.05) is 0 Å². The summed E-state index contributed by atoms with van der Waals surface area (Å²) in [5.74, 6) is 0. The van der Waals surface area contributed by atoms with E-state index in [-0.39, 0.29) is 0 Å². The number of sulfone groups is 1. The van der Waals surface area contributed by atoms with Gasteiger partial charge in [0.1, 0.15) is 0 Å². The van der Waals surface area contributed by atoms with Gasteiger partial charge in [-0.15, -0.1) is 0 Å². The van der Waals surface area contributed by atoms with E-state index in [1.54, 1.807) is 6.20 Å². The molecule has 4 nitrogen and oxygen atoms in total. The predicted octanol–water partition coefficient (Wildman–Crippen LogP) is 2.16. The molecule has 2 aliphatic heterocycles. The third-order valence-electron chi connectivity index (χ3n) is 5.02. The van der Waals surface area contributed by atoms with Crippen LogP contribution in [0.1, 0.15) is 31.2 Å². The first-order valence-electron chi connectivity index (χ1n) is 7.30. The average Bonchev–Trinajstić information content (AvgIpc) is 2.66. The minimum Gasteiger partial charge on any atom is -0.385 e. The van der Waals surface area contributed by atoms with Gasteiger partial charge >= 0.3 is 0 Å². The molecule has 4 rings (SSSR count). The lowest BCUT2D eigenvalue weighted by Crippen LogP contribution is -2.43.